The van der Waals surface area contributed by atoms with Crippen molar-refractivity contribution in [3.05, 3.63) is 12.7 Å². The molecule has 0 spiro atoms. The van der Waals surface area contributed by atoms with Gasteiger partial charge >= 0.3 is 0 Å². The molecule has 2 aromatic heterocycles. The monoisotopic (exact) mass is 268 g/mol. The van der Waals surface area contributed by atoms with Gasteiger partial charge in [0.15, 0.2) is 11.2 Å². The van der Waals surface area contributed by atoms with Crippen molar-refractivity contribution in [2.75, 3.05) is 19.5 Å². The predicted octanol–water partition coefficient (Wildman–Crippen LogP) is 0.415. The average molecular weight is 268 g/mol. The third-order valence-electron chi connectivity index (χ3n) is 2.71. The van der Waals surface area contributed by atoms with Crippen LogP contribution in [0.2, 0.25) is 0 Å². The highest BCUT2D eigenvalue weighted by Gasteiger charge is 2.28. The Kier molecular flexibility index (Phi) is 3.06. The first-order valence-electron chi connectivity index (χ1n) is 5.43. The van der Waals surface area contributed by atoms with E-state index in [0.29, 0.717) is 17.0 Å². The van der Waals surface area contributed by atoms with Gasteiger partial charge in [0.05, 0.1) is 20.0 Å². The lowest BCUT2D eigenvalue weighted by atomic mass is 10.5. The molecular formula is C10H12N4O3S. The van der Waals surface area contributed by atoms with Gasteiger partial charge in [-0.3, -0.25) is 4.57 Å². The van der Waals surface area contributed by atoms with Gasteiger partial charge in [-0.2, -0.15) is 4.98 Å². The third-order valence-corrected chi connectivity index (χ3v) is 3.82. The van der Waals surface area contributed by atoms with Crippen molar-refractivity contribution in [1.29, 1.82) is 0 Å². The fourth-order valence-electron chi connectivity index (χ4n) is 1.88. The summed E-state index contributed by atoms with van der Waals surface area (Å²) in [4.78, 5) is 12.5. The molecule has 1 N–H and O–H groups in total. The fraction of sp³-hybridized carbons (Fsp3) is 0.500. The Morgan fingerprint density at radius 3 is 3.17 bits per heavy atom. The van der Waals surface area contributed by atoms with Gasteiger partial charge in [-0.15, -0.1) is 11.8 Å². The molecule has 0 amide bonds. The van der Waals surface area contributed by atoms with Crippen molar-refractivity contribution >= 4 is 22.9 Å². The molecule has 3 heterocycles. The Bertz CT molecular complexity index is 561. The van der Waals surface area contributed by atoms with Crippen molar-refractivity contribution in [3.63, 3.8) is 0 Å². The van der Waals surface area contributed by atoms with E-state index in [1.807, 2.05) is 4.57 Å². The van der Waals surface area contributed by atoms with Crippen LogP contribution in [0.25, 0.3) is 11.2 Å². The number of imidazole rings is 1. The smallest absolute Gasteiger partial charge is 0.245 e. The van der Waals surface area contributed by atoms with Crippen LogP contribution in [0.4, 0.5) is 0 Å². The summed E-state index contributed by atoms with van der Waals surface area (Å²) >= 11 is 1.57. The van der Waals surface area contributed by atoms with Crippen molar-refractivity contribution in [2.45, 2.75) is 11.7 Å². The van der Waals surface area contributed by atoms with Gasteiger partial charge in [0, 0.05) is 5.75 Å². The topological polar surface area (TPSA) is 82.3 Å². The van der Waals surface area contributed by atoms with E-state index in [1.165, 1.54) is 6.33 Å². The number of methoxy groups -OCH3 is 1. The summed E-state index contributed by atoms with van der Waals surface area (Å²) in [7, 11) is 1.55. The second-order valence-electron chi connectivity index (χ2n) is 3.74. The molecule has 2 atom stereocenters. The summed E-state index contributed by atoms with van der Waals surface area (Å²) in [6.45, 7) is 0.00605. The van der Waals surface area contributed by atoms with E-state index in [0.717, 1.165) is 5.75 Å². The van der Waals surface area contributed by atoms with E-state index < -0.39 is 0 Å². The summed E-state index contributed by atoms with van der Waals surface area (Å²) in [5.41, 5.74) is 1.10. The maximum atomic E-state index is 9.06. The molecule has 3 rings (SSSR count). The first-order chi connectivity index (χ1) is 8.83. The largest absolute Gasteiger partial charge is 0.479 e. The summed E-state index contributed by atoms with van der Waals surface area (Å²) in [5.74, 6) is 1.20. The second kappa shape index (κ2) is 4.71. The molecule has 0 bridgehead atoms. The van der Waals surface area contributed by atoms with Crippen LogP contribution < -0.4 is 4.74 Å². The van der Waals surface area contributed by atoms with Crippen molar-refractivity contribution in [3.8, 4) is 5.88 Å². The van der Waals surface area contributed by atoms with Crippen LogP contribution in [-0.2, 0) is 4.74 Å². The molecular weight excluding hydrogens is 256 g/mol. The number of aromatic nitrogens is 4. The van der Waals surface area contributed by atoms with Crippen molar-refractivity contribution in [1.82, 2.24) is 19.5 Å². The Morgan fingerprint density at radius 1 is 1.56 bits per heavy atom. The standard InChI is InChI=1S/C10H12N4O3S/c1-16-10-8-9(11-4-12-10)14(5-13-8)6-3-18-7(2-15)17-6/h4-7,15H,2-3H2,1H3/t6-,7?/m0/s1. The number of ether oxygens (including phenoxy) is 2. The molecule has 0 aliphatic carbocycles. The SMILES string of the molecule is COc1ncnc2c1ncn2[C@@H]1CSC(CO)O1. The molecule has 1 fully saturated rings. The van der Waals surface area contributed by atoms with E-state index in [4.69, 9.17) is 14.6 Å². The average Bonchev–Trinajstić information content (AvgIpc) is 3.03. The number of aliphatic hydroxyl groups excluding tert-OH is 1. The second-order valence-corrected chi connectivity index (χ2v) is 4.94. The first-order valence-corrected chi connectivity index (χ1v) is 6.48. The van der Waals surface area contributed by atoms with E-state index in [1.54, 1.807) is 25.2 Å². The molecule has 1 aliphatic rings. The molecule has 0 aromatic carbocycles. The highest BCUT2D eigenvalue weighted by atomic mass is 32.2. The summed E-state index contributed by atoms with van der Waals surface area (Å²) < 4.78 is 12.6. The van der Waals surface area contributed by atoms with Gasteiger partial charge < -0.3 is 14.6 Å². The van der Waals surface area contributed by atoms with Crippen LogP contribution in [0, 0.1) is 0 Å². The van der Waals surface area contributed by atoms with Gasteiger partial charge in [-0.1, -0.05) is 0 Å². The summed E-state index contributed by atoms with van der Waals surface area (Å²) in [6, 6.07) is 0. The van der Waals surface area contributed by atoms with Gasteiger partial charge in [-0.05, 0) is 0 Å². The lowest BCUT2D eigenvalue weighted by Gasteiger charge is -2.12. The molecule has 96 valence electrons. The first kappa shape index (κ1) is 11.7. The lowest BCUT2D eigenvalue weighted by Crippen LogP contribution is -2.14. The number of nitrogens with zero attached hydrogens (tertiary/aromatic N) is 4. The highest BCUT2D eigenvalue weighted by Crippen LogP contribution is 2.33. The van der Waals surface area contributed by atoms with Gasteiger partial charge in [0.25, 0.3) is 0 Å². The maximum absolute atomic E-state index is 9.06. The molecule has 1 saturated heterocycles. The Balaban J connectivity index is 1.98. The molecule has 1 aliphatic heterocycles. The Morgan fingerprint density at radius 2 is 2.44 bits per heavy atom. The number of hydrogen-bond donors (Lipinski definition) is 1. The Labute approximate surface area is 107 Å². The minimum absolute atomic E-state index is 0.00605. The summed E-state index contributed by atoms with van der Waals surface area (Å²) in [5, 5.41) is 9.06. The van der Waals surface area contributed by atoms with E-state index in [2.05, 4.69) is 15.0 Å². The normalized spacial score (nSPS) is 23.7. The number of thioether (sulfide) groups is 1. The number of rotatable bonds is 3. The minimum atomic E-state index is -0.184. The van der Waals surface area contributed by atoms with E-state index >= 15 is 0 Å². The van der Waals surface area contributed by atoms with Crippen LogP contribution in [0.3, 0.4) is 0 Å². The minimum Gasteiger partial charge on any atom is -0.479 e. The predicted molar refractivity (Wildman–Crippen MR) is 65.3 cm³/mol. The van der Waals surface area contributed by atoms with Crippen molar-refractivity contribution < 1.29 is 14.6 Å². The molecule has 8 heteroatoms. The number of aliphatic hydroxyl groups is 1. The van der Waals surface area contributed by atoms with E-state index in [-0.39, 0.29) is 18.3 Å². The molecule has 1 unspecified atom stereocenters. The molecule has 2 aromatic rings. The highest BCUT2D eigenvalue weighted by molar-refractivity contribution is 8.00. The van der Waals surface area contributed by atoms with Crippen LogP contribution in [-0.4, -0.2) is 49.5 Å². The number of hydrogen-bond acceptors (Lipinski definition) is 7. The van der Waals surface area contributed by atoms with Crippen molar-refractivity contribution in [2.24, 2.45) is 0 Å². The van der Waals surface area contributed by atoms with Crippen LogP contribution >= 0.6 is 11.8 Å². The van der Waals surface area contributed by atoms with Crippen LogP contribution in [0.5, 0.6) is 5.88 Å². The molecule has 18 heavy (non-hydrogen) atoms. The van der Waals surface area contributed by atoms with Crippen LogP contribution in [0.1, 0.15) is 6.23 Å². The van der Waals surface area contributed by atoms with Gasteiger partial charge in [-0.25, -0.2) is 9.97 Å². The zero-order valence-corrected chi connectivity index (χ0v) is 10.5. The molecule has 0 saturated carbocycles. The zero-order chi connectivity index (χ0) is 12.5. The van der Waals surface area contributed by atoms with Crippen LogP contribution in [0.15, 0.2) is 12.7 Å². The number of fused-ring (bicyclic) bond motifs is 1. The maximum Gasteiger partial charge on any atom is 0.245 e. The molecule has 0 radical (unpaired) electrons. The van der Waals surface area contributed by atoms with E-state index in [9.17, 15) is 0 Å². The zero-order valence-electron chi connectivity index (χ0n) is 9.68. The fourth-order valence-corrected chi connectivity index (χ4v) is 2.81. The molecule has 7 nitrogen and oxygen atoms in total. The van der Waals surface area contributed by atoms with Gasteiger partial charge in [0.2, 0.25) is 5.88 Å². The third kappa shape index (κ3) is 1.82. The van der Waals surface area contributed by atoms with Gasteiger partial charge in [0.1, 0.15) is 18.0 Å². The quantitative estimate of drug-likeness (QED) is 0.863. The lowest BCUT2D eigenvalue weighted by molar-refractivity contribution is -0.00191. The Hall–Kier alpha value is -1.38. The summed E-state index contributed by atoms with van der Waals surface area (Å²) in [6.07, 6.45) is 2.93.